The molecular weight excluding hydrogens is 334 g/mol. The number of aryl methyl sites for hydroxylation is 1. The zero-order valence-electron chi connectivity index (χ0n) is 15.0. The highest BCUT2D eigenvalue weighted by atomic mass is 32.1. The second kappa shape index (κ2) is 8.63. The molecule has 1 saturated heterocycles. The number of nitrogens with zero attached hydrogens (tertiary/aromatic N) is 4. The van der Waals surface area contributed by atoms with Gasteiger partial charge in [-0.2, -0.15) is 9.64 Å². The molecule has 7 heteroatoms. The molecule has 0 aromatic carbocycles. The standard InChI is InChI=1S/C18H27N5OS/c1-14-16(11-19)18(25-21-14)23-9-7-22(8-10-23)13-17(24)20-12-15-5-3-2-4-6-15/h15H,2-10,12-13H2,1H3,(H,20,24). The zero-order chi connectivity index (χ0) is 17.6. The van der Waals surface area contributed by atoms with Crippen LogP contribution in [0.4, 0.5) is 5.00 Å². The van der Waals surface area contributed by atoms with Gasteiger partial charge in [0, 0.05) is 32.7 Å². The molecular formula is C18H27N5OS. The van der Waals surface area contributed by atoms with Crippen molar-refractivity contribution in [2.75, 3.05) is 44.2 Å². The van der Waals surface area contributed by atoms with Crippen molar-refractivity contribution >= 4 is 22.4 Å². The van der Waals surface area contributed by atoms with Crippen LogP contribution in [0, 0.1) is 24.2 Å². The first kappa shape index (κ1) is 18.2. The van der Waals surface area contributed by atoms with Crippen molar-refractivity contribution in [1.29, 1.82) is 5.26 Å². The number of nitriles is 1. The number of carbonyl (C=O) groups is 1. The predicted molar refractivity (Wildman–Crippen MR) is 99.8 cm³/mol. The first-order valence-electron chi connectivity index (χ1n) is 9.27. The van der Waals surface area contributed by atoms with E-state index in [9.17, 15) is 10.1 Å². The van der Waals surface area contributed by atoms with Crippen LogP contribution in [0.15, 0.2) is 0 Å². The molecule has 1 N–H and O–H groups in total. The number of nitrogens with one attached hydrogen (secondary N) is 1. The van der Waals surface area contributed by atoms with E-state index >= 15 is 0 Å². The van der Waals surface area contributed by atoms with Crippen molar-refractivity contribution in [2.45, 2.75) is 39.0 Å². The van der Waals surface area contributed by atoms with Gasteiger partial charge < -0.3 is 10.2 Å². The van der Waals surface area contributed by atoms with E-state index < -0.39 is 0 Å². The third-order valence-corrected chi connectivity index (χ3v) is 6.30. The third kappa shape index (κ3) is 4.71. The highest BCUT2D eigenvalue weighted by Crippen LogP contribution is 2.28. The molecule has 0 bridgehead atoms. The molecule has 0 atom stereocenters. The number of aromatic nitrogens is 1. The average molecular weight is 362 g/mol. The minimum atomic E-state index is 0.144. The summed E-state index contributed by atoms with van der Waals surface area (Å²) in [5, 5.41) is 13.4. The van der Waals surface area contributed by atoms with Crippen LogP contribution < -0.4 is 10.2 Å². The van der Waals surface area contributed by atoms with E-state index in [1.807, 2.05) is 6.92 Å². The molecule has 0 unspecified atom stereocenters. The van der Waals surface area contributed by atoms with Gasteiger partial charge in [0.2, 0.25) is 5.91 Å². The van der Waals surface area contributed by atoms with E-state index in [4.69, 9.17) is 0 Å². The van der Waals surface area contributed by atoms with Crippen molar-refractivity contribution in [3.63, 3.8) is 0 Å². The summed E-state index contributed by atoms with van der Waals surface area (Å²) in [5.41, 5.74) is 1.51. The summed E-state index contributed by atoms with van der Waals surface area (Å²) < 4.78 is 4.30. The van der Waals surface area contributed by atoms with Crippen LogP contribution in [-0.2, 0) is 4.79 Å². The van der Waals surface area contributed by atoms with Crippen LogP contribution in [0.25, 0.3) is 0 Å². The van der Waals surface area contributed by atoms with Crippen molar-refractivity contribution in [1.82, 2.24) is 14.6 Å². The highest BCUT2D eigenvalue weighted by Gasteiger charge is 2.23. The summed E-state index contributed by atoms with van der Waals surface area (Å²) in [7, 11) is 0. The SMILES string of the molecule is Cc1nsc(N2CCN(CC(=O)NCC3CCCCC3)CC2)c1C#N. The third-order valence-electron chi connectivity index (χ3n) is 5.30. The van der Waals surface area contributed by atoms with E-state index in [1.165, 1.54) is 43.6 Å². The Kier molecular flexibility index (Phi) is 6.27. The number of hydrogen-bond acceptors (Lipinski definition) is 6. The molecule has 1 aromatic heterocycles. The first-order chi connectivity index (χ1) is 12.2. The fourth-order valence-electron chi connectivity index (χ4n) is 3.72. The van der Waals surface area contributed by atoms with Crippen LogP contribution in [-0.4, -0.2) is 54.4 Å². The van der Waals surface area contributed by atoms with Gasteiger partial charge in [0.15, 0.2) is 0 Å². The summed E-state index contributed by atoms with van der Waals surface area (Å²) in [6, 6.07) is 2.26. The Balaban J connectivity index is 1.41. The van der Waals surface area contributed by atoms with Crippen LogP contribution in [0.3, 0.4) is 0 Å². The van der Waals surface area contributed by atoms with E-state index in [1.54, 1.807) is 0 Å². The summed E-state index contributed by atoms with van der Waals surface area (Å²) in [5.74, 6) is 0.818. The molecule has 136 valence electrons. The van der Waals surface area contributed by atoms with Gasteiger partial charge in [0.1, 0.15) is 16.6 Å². The van der Waals surface area contributed by atoms with E-state index in [0.29, 0.717) is 18.0 Å². The van der Waals surface area contributed by atoms with Crippen molar-refractivity contribution in [3.8, 4) is 6.07 Å². The molecule has 0 radical (unpaired) electrons. The zero-order valence-corrected chi connectivity index (χ0v) is 15.8. The second-order valence-corrected chi connectivity index (χ2v) is 7.88. The Morgan fingerprint density at radius 3 is 2.68 bits per heavy atom. The Morgan fingerprint density at radius 1 is 1.28 bits per heavy atom. The molecule has 1 amide bonds. The molecule has 3 rings (SSSR count). The van der Waals surface area contributed by atoms with Crippen LogP contribution in [0.1, 0.15) is 43.4 Å². The van der Waals surface area contributed by atoms with Crippen LogP contribution in [0.2, 0.25) is 0 Å². The van der Waals surface area contributed by atoms with Crippen LogP contribution in [0.5, 0.6) is 0 Å². The Hall–Kier alpha value is -1.65. The van der Waals surface area contributed by atoms with Crippen molar-refractivity contribution in [2.24, 2.45) is 5.92 Å². The maximum Gasteiger partial charge on any atom is 0.234 e. The van der Waals surface area contributed by atoms with Gasteiger partial charge in [0.25, 0.3) is 0 Å². The Morgan fingerprint density at radius 2 is 2.00 bits per heavy atom. The van der Waals surface area contributed by atoms with Crippen molar-refractivity contribution in [3.05, 3.63) is 11.3 Å². The maximum atomic E-state index is 12.2. The lowest BCUT2D eigenvalue weighted by molar-refractivity contribution is -0.122. The Bertz CT molecular complexity index is 624. The molecule has 1 aliphatic carbocycles. The minimum absolute atomic E-state index is 0.144. The molecule has 0 spiro atoms. The molecule has 1 saturated carbocycles. The highest BCUT2D eigenvalue weighted by molar-refractivity contribution is 7.10. The van der Waals surface area contributed by atoms with Gasteiger partial charge in [-0.15, -0.1) is 0 Å². The quantitative estimate of drug-likeness (QED) is 0.870. The summed E-state index contributed by atoms with van der Waals surface area (Å²) in [4.78, 5) is 16.6. The average Bonchev–Trinajstić information content (AvgIpc) is 3.02. The van der Waals surface area contributed by atoms with E-state index in [0.717, 1.165) is 43.4 Å². The van der Waals surface area contributed by atoms with Gasteiger partial charge in [0.05, 0.1) is 12.2 Å². The lowest BCUT2D eigenvalue weighted by Crippen LogP contribution is -2.49. The second-order valence-electron chi connectivity index (χ2n) is 7.13. The molecule has 1 aromatic rings. The number of hydrogen-bond donors (Lipinski definition) is 1. The minimum Gasteiger partial charge on any atom is -0.359 e. The number of piperazine rings is 1. The fraction of sp³-hybridized carbons (Fsp3) is 0.722. The summed E-state index contributed by atoms with van der Waals surface area (Å²) in [6.45, 7) is 6.57. The maximum absolute atomic E-state index is 12.2. The monoisotopic (exact) mass is 361 g/mol. The van der Waals surface area contributed by atoms with Gasteiger partial charge >= 0.3 is 0 Å². The predicted octanol–water partition coefficient (Wildman–Crippen LogP) is 2.14. The smallest absolute Gasteiger partial charge is 0.234 e. The largest absolute Gasteiger partial charge is 0.359 e. The first-order valence-corrected chi connectivity index (χ1v) is 10.0. The van der Waals surface area contributed by atoms with Crippen molar-refractivity contribution < 1.29 is 4.79 Å². The van der Waals surface area contributed by atoms with Gasteiger partial charge in [-0.1, -0.05) is 19.3 Å². The fourth-order valence-corrected chi connectivity index (χ4v) is 4.62. The number of amides is 1. The molecule has 2 fully saturated rings. The molecule has 25 heavy (non-hydrogen) atoms. The number of carbonyl (C=O) groups excluding carboxylic acids is 1. The number of rotatable bonds is 5. The topological polar surface area (TPSA) is 72.3 Å². The molecule has 2 aliphatic rings. The van der Waals surface area contributed by atoms with E-state index in [-0.39, 0.29) is 5.91 Å². The Labute approximate surface area is 154 Å². The number of anilines is 1. The van der Waals surface area contributed by atoms with E-state index in [2.05, 4.69) is 25.6 Å². The normalized spacial score (nSPS) is 19.6. The lowest BCUT2D eigenvalue weighted by Gasteiger charge is -2.34. The summed E-state index contributed by atoms with van der Waals surface area (Å²) in [6.07, 6.45) is 6.49. The van der Waals surface area contributed by atoms with Gasteiger partial charge in [-0.05, 0) is 37.2 Å². The molecule has 6 nitrogen and oxygen atoms in total. The molecule has 1 aliphatic heterocycles. The van der Waals surface area contributed by atoms with Crippen LogP contribution >= 0.6 is 11.5 Å². The van der Waals surface area contributed by atoms with Gasteiger partial charge in [-0.25, -0.2) is 0 Å². The molecule has 2 heterocycles. The summed E-state index contributed by atoms with van der Waals surface area (Å²) >= 11 is 1.40. The van der Waals surface area contributed by atoms with Gasteiger partial charge in [-0.3, -0.25) is 9.69 Å². The lowest BCUT2D eigenvalue weighted by atomic mass is 9.89.